The largest absolute Gasteiger partial charge is 0.356 e. The van der Waals surface area contributed by atoms with E-state index in [2.05, 4.69) is 22.5 Å². The molecule has 2 rings (SSSR count). The molecule has 0 radical (unpaired) electrons. The molecule has 0 unspecified atom stereocenters. The van der Waals surface area contributed by atoms with Crippen LogP contribution in [0.15, 0.2) is 18.2 Å². The third kappa shape index (κ3) is 6.86. The first-order valence-electron chi connectivity index (χ1n) is 9.37. The van der Waals surface area contributed by atoms with Crippen LogP contribution in [0, 0.1) is 13.8 Å². The van der Waals surface area contributed by atoms with E-state index in [9.17, 15) is 9.59 Å². The van der Waals surface area contributed by atoms with E-state index in [0.29, 0.717) is 25.6 Å². The number of hydrogen-bond acceptors (Lipinski definition) is 3. The van der Waals surface area contributed by atoms with Crippen molar-refractivity contribution in [1.82, 2.24) is 10.2 Å². The van der Waals surface area contributed by atoms with Crippen molar-refractivity contribution in [3.63, 3.8) is 0 Å². The highest BCUT2D eigenvalue weighted by atomic mass is 16.2. The Balaban J connectivity index is 1.81. The second kappa shape index (κ2) is 9.56. The minimum absolute atomic E-state index is 0.00742. The number of carbonyl (C=O) groups is 2. The van der Waals surface area contributed by atoms with Crippen molar-refractivity contribution in [2.24, 2.45) is 0 Å². The van der Waals surface area contributed by atoms with Gasteiger partial charge in [0.1, 0.15) is 0 Å². The molecule has 5 nitrogen and oxygen atoms in total. The maximum atomic E-state index is 12.4. The summed E-state index contributed by atoms with van der Waals surface area (Å²) in [6.45, 7) is 7.85. The van der Waals surface area contributed by atoms with Crippen LogP contribution in [0.25, 0.3) is 0 Å². The monoisotopic (exact) mass is 345 g/mol. The Hall–Kier alpha value is -1.88. The maximum Gasteiger partial charge on any atom is 0.238 e. The quantitative estimate of drug-likeness (QED) is 0.641. The molecule has 1 fully saturated rings. The van der Waals surface area contributed by atoms with Crippen LogP contribution in [0.1, 0.15) is 50.2 Å². The van der Waals surface area contributed by atoms with E-state index in [1.54, 1.807) is 0 Å². The lowest BCUT2D eigenvalue weighted by Gasteiger charge is -2.21. The molecule has 0 aliphatic heterocycles. The van der Waals surface area contributed by atoms with Gasteiger partial charge in [0, 0.05) is 31.2 Å². The zero-order valence-electron chi connectivity index (χ0n) is 15.7. The van der Waals surface area contributed by atoms with E-state index < -0.39 is 0 Å². The molecular formula is C20H31N3O2. The molecule has 0 bridgehead atoms. The maximum absolute atomic E-state index is 12.4. The van der Waals surface area contributed by atoms with Gasteiger partial charge in [-0.2, -0.15) is 0 Å². The van der Waals surface area contributed by atoms with Crippen LogP contribution in [-0.4, -0.2) is 42.4 Å². The van der Waals surface area contributed by atoms with Crippen molar-refractivity contribution in [2.75, 3.05) is 25.0 Å². The summed E-state index contributed by atoms with van der Waals surface area (Å²) in [6.07, 6.45) is 4.78. The number of anilines is 1. The van der Waals surface area contributed by atoms with Crippen molar-refractivity contribution >= 4 is 17.5 Å². The van der Waals surface area contributed by atoms with Gasteiger partial charge in [-0.3, -0.25) is 14.5 Å². The van der Waals surface area contributed by atoms with Gasteiger partial charge in [0.15, 0.2) is 0 Å². The molecule has 2 N–H and O–H groups in total. The van der Waals surface area contributed by atoms with Gasteiger partial charge in [0.25, 0.3) is 0 Å². The van der Waals surface area contributed by atoms with Gasteiger partial charge in [-0.1, -0.05) is 25.5 Å². The zero-order valence-corrected chi connectivity index (χ0v) is 15.7. The number of nitrogens with zero attached hydrogens (tertiary/aromatic N) is 1. The first kappa shape index (κ1) is 19.4. The lowest BCUT2D eigenvalue weighted by molar-refractivity contribution is -0.122. The van der Waals surface area contributed by atoms with E-state index >= 15 is 0 Å². The second-order valence-corrected chi connectivity index (χ2v) is 7.02. The summed E-state index contributed by atoms with van der Waals surface area (Å²) in [5.41, 5.74) is 3.06. The Morgan fingerprint density at radius 3 is 2.64 bits per heavy atom. The third-order valence-electron chi connectivity index (χ3n) is 4.56. The molecule has 1 aliphatic carbocycles. The van der Waals surface area contributed by atoms with Crippen molar-refractivity contribution in [1.29, 1.82) is 0 Å². The van der Waals surface area contributed by atoms with Gasteiger partial charge >= 0.3 is 0 Å². The fraction of sp³-hybridized carbons (Fsp3) is 0.600. The topological polar surface area (TPSA) is 61.4 Å². The van der Waals surface area contributed by atoms with Crippen LogP contribution in [0.5, 0.6) is 0 Å². The average molecular weight is 345 g/mol. The second-order valence-electron chi connectivity index (χ2n) is 7.02. The summed E-state index contributed by atoms with van der Waals surface area (Å²) in [7, 11) is 0. The fourth-order valence-electron chi connectivity index (χ4n) is 2.81. The Morgan fingerprint density at radius 1 is 1.20 bits per heavy atom. The summed E-state index contributed by atoms with van der Waals surface area (Å²) < 4.78 is 0. The third-order valence-corrected chi connectivity index (χ3v) is 4.56. The highest BCUT2D eigenvalue weighted by Gasteiger charge is 2.30. The molecule has 1 saturated carbocycles. The molecule has 0 atom stereocenters. The van der Waals surface area contributed by atoms with Crippen LogP contribution < -0.4 is 10.6 Å². The molecule has 0 saturated heterocycles. The minimum Gasteiger partial charge on any atom is -0.356 e. The van der Waals surface area contributed by atoms with Gasteiger partial charge < -0.3 is 10.6 Å². The lowest BCUT2D eigenvalue weighted by atomic mass is 10.1. The summed E-state index contributed by atoms with van der Waals surface area (Å²) >= 11 is 0. The van der Waals surface area contributed by atoms with Crippen LogP contribution >= 0.6 is 0 Å². The zero-order chi connectivity index (χ0) is 18.2. The molecule has 1 aromatic carbocycles. The number of carbonyl (C=O) groups excluding carboxylic acids is 2. The summed E-state index contributed by atoms with van der Waals surface area (Å²) in [5.74, 6) is 0.0704. The van der Waals surface area contributed by atoms with Gasteiger partial charge in [0.05, 0.1) is 6.54 Å². The first-order valence-corrected chi connectivity index (χ1v) is 9.37. The molecule has 0 spiro atoms. The van der Waals surface area contributed by atoms with Crippen LogP contribution in [0.2, 0.25) is 0 Å². The Morgan fingerprint density at radius 2 is 1.96 bits per heavy atom. The van der Waals surface area contributed by atoms with Gasteiger partial charge in [-0.25, -0.2) is 0 Å². The SMILES string of the molecule is CCCCNC(=O)CCN(CC(=O)Nc1cc(C)ccc1C)C1CC1. The summed E-state index contributed by atoms with van der Waals surface area (Å²) in [4.78, 5) is 26.4. The predicted molar refractivity (Wildman–Crippen MR) is 102 cm³/mol. The van der Waals surface area contributed by atoms with Crippen molar-refractivity contribution in [3.8, 4) is 0 Å². The Kier molecular flexibility index (Phi) is 7.44. The predicted octanol–water partition coefficient (Wildman–Crippen LogP) is 3.01. The summed E-state index contributed by atoms with van der Waals surface area (Å²) in [6, 6.07) is 6.51. The molecule has 0 aromatic heterocycles. The number of benzene rings is 1. The van der Waals surface area contributed by atoms with Crippen molar-refractivity contribution in [2.45, 2.75) is 58.9 Å². The molecule has 0 heterocycles. The normalized spacial score (nSPS) is 13.8. The first-order chi connectivity index (χ1) is 12.0. The van der Waals surface area contributed by atoms with E-state index in [1.807, 2.05) is 32.0 Å². The minimum atomic E-state index is -0.00742. The smallest absolute Gasteiger partial charge is 0.238 e. The number of unbranched alkanes of at least 4 members (excludes halogenated alkanes) is 1. The number of nitrogens with one attached hydrogen (secondary N) is 2. The van der Waals surface area contributed by atoms with E-state index in [-0.39, 0.29) is 11.8 Å². The molecule has 138 valence electrons. The number of amides is 2. The lowest BCUT2D eigenvalue weighted by Crippen LogP contribution is -2.38. The van der Waals surface area contributed by atoms with Gasteiger partial charge in [-0.15, -0.1) is 0 Å². The highest BCUT2D eigenvalue weighted by Crippen LogP contribution is 2.27. The number of hydrogen-bond donors (Lipinski definition) is 2. The highest BCUT2D eigenvalue weighted by molar-refractivity contribution is 5.93. The van der Waals surface area contributed by atoms with Crippen LogP contribution in [0.3, 0.4) is 0 Å². The van der Waals surface area contributed by atoms with Crippen molar-refractivity contribution in [3.05, 3.63) is 29.3 Å². The van der Waals surface area contributed by atoms with Crippen LogP contribution in [-0.2, 0) is 9.59 Å². The summed E-state index contributed by atoms with van der Waals surface area (Å²) in [5, 5.41) is 5.95. The van der Waals surface area contributed by atoms with Crippen LogP contribution in [0.4, 0.5) is 5.69 Å². The molecule has 25 heavy (non-hydrogen) atoms. The molecule has 1 aromatic rings. The average Bonchev–Trinajstić information content (AvgIpc) is 3.40. The fourth-order valence-corrected chi connectivity index (χ4v) is 2.81. The van der Waals surface area contributed by atoms with E-state index in [4.69, 9.17) is 0 Å². The standard InChI is InChI=1S/C20H31N3O2/c1-4-5-11-21-19(24)10-12-23(17-8-9-17)14-20(25)22-18-13-15(2)6-7-16(18)3/h6-7,13,17H,4-5,8-12,14H2,1-3H3,(H,21,24)(H,22,25). The van der Waals surface area contributed by atoms with E-state index in [0.717, 1.165) is 49.0 Å². The van der Waals surface area contributed by atoms with Crippen molar-refractivity contribution < 1.29 is 9.59 Å². The molecule has 2 amide bonds. The van der Waals surface area contributed by atoms with Gasteiger partial charge in [-0.05, 0) is 50.3 Å². The molecule has 5 heteroatoms. The molecule has 1 aliphatic rings. The number of aryl methyl sites for hydroxylation is 2. The number of rotatable bonds is 10. The molecular weight excluding hydrogens is 314 g/mol. The Labute approximate surface area is 151 Å². The van der Waals surface area contributed by atoms with E-state index in [1.165, 1.54) is 0 Å². The Bertz CT molecular complexity index is 597. The van der Waals surface area contributed by atoms with Gasteiger partial charge in [0.2, 0.25) is 11.8 Å².